The molecule has 5 heteroatoms. The highest BCUT2D eigenvalue weighted by molar-refractivity contribution is 6.24. The normalized spacial score (nSPS) is 12.1. The van der Waals surface area contributed by atoms with Gasteiger partial charge in [-0.05, 0) is 28.8 Å². The van der Waals surface area contributed by atoms with E-state index in [0.717, 1.165) is 33.5 Å². The number of nitro benzene ring substituents is 1. The minimum Gasteiger partial charge on any atom is -0.258 e. The number of benzene rings is 3. The molecule has 3 aromatic carbocycles. The van der Waals surface area contributed by atoms with Gasteiger partial charge in [-0.15, -0.1) is 5.10 Å². The van der Waals surface area contributed by atoms with E-state index < -0.39 is 4.92 Å². The van der Waals surface area contributed by atoms with E-state index >= 15 is 0 Å². The predicted octanol–water partition coefficient (Wildman–Crippen LogP) is 4.45. The first-order chi connectivity index (χ1) is 12.2. The number of fused-ring (bicyclic) bond motifs is 3. The third-order valence-corrected chi connectivity index (χ3v) is 4.12. The SMILES string of the molecule is O=[N+]([O-])c1ccc(/C=N\N=C2c3ccccc3-c3ccccc32)cc1. The maximum Gasteiger partial charge on any atom is 0.269 e. The van der Waals surface area contributed by atoms with Gasteiger partial charge in [0.2, 0.25) is 0 Å². The lowest BCUT2D eigenvalue weighted by molar-refractivity contribution is -0.384. The molecule has 0 fully saturated rings. The Bertz CT molecular complexity index is 974. The van der Waals surface area contributed by atoms with E-state index in [4.69, 9.17) is 0 Å². The summed E-state index contributed by atoms with van der Waals surface area (Å²) in [5, 5.41) is 19.3. The van der Waals surface area contributed by atoms with Crippen molar-refractivity contribution in [2.75, 3.05) is 0 Å². The molecule has 120 valence electrons. The van der Waals surface area contributed by atoms with Gasteiger partial charge in [0.1, 0.15) is 5.71 Å². The lowest BCUT2D eigenvalue weighted by Gasteiger charge is -1.98. The first-order valence-electron chi connectivity index (χ1n) is 7.79. The molecule has 0 bridgehead atoms. The predicted molar refractivity (Wildman–Crippen MR) is 98.2 cm³/mol. The molecule has 0 saturated carbocycles. The molecule has 0 heterocycles. The number of hydrogen-bond acceptors (Lipinski definition) is 4. The van der Waals surface area contributed by atoms with Crippen molar-refractivity contribution in [2.45, 2.75) is 0 Å². The molecule has 0 aliphatic heterocycles. The van der Waals surface area contributed by atoms with E-state index in [9.17, 15) is 10.1 Å². The first kappa shape index (κ1) is 15.0. The summed E-state index contributed by atoms with van der Waals surface area (Å²) in [6.45, 7) is 0. The molecule has 3 aromatic rings. The molecule has 5 nitrogen and oxygen atoms in total. The number of nitro groups is 1. The van der Waals surface area contributed by atoms with Gasteiger partial charge >= 0.3 is 0 Å². The van der Waals surface area contributed by atoms with E-state index in [1.165, 1.54) is 12.1 Å². The highest BCUT2D eigenvalue weighted by Crippen LogP contribution is 2.36. The van der Waals surface area contributed by atoms with Gasteiger partial charge in [0.15, 0.2) is 0 Å². The minimum absolute atomic E-state index is 0.0575. The zero-order valence-electron chi connectivity index (χ0n) is 13.2. The summed E-state index contributed by atoms with van der Waals surface area (Å²) in [5.74, 6) is 0. The lowest BCUT2D eigenvalue weighted by atomic mass is 10.1. The maximum atomic E-state index is 10.7. The van der Waals surface area contributed by atoms with Gasteiger partial charge in [0, 0.05) is 23.3 Å². The fraction of sp³-hybridized carbons (Fsp3) is 0. The molecule has 0 radical (unpaired) electrons. The Labute approximate surface area is 144 Å². The summed E-state index contributed by atoms with van der Waals surface area (Å²) in [5.41, 5.74) is 6.08. The average molecular weight is 327 g/mol. The van der Waals surface area contributed by atoms with Gasteiger partial charge in [-0.2, -0.15) is 5.10 Å². The minimum atomic E-state index is -0.423. The number of hydrogen-bond donors (Lipinski definition) is 0. The second-order valence-corrected chi connectivity index (χ2v) is 5.63. The molecule has 4 rings (SSSR count). The smallest absolute Gasteiger partial charge is 0.258 e. The van der Waals surface area contributed by atoms with Crippen molar-refractivity contribution in [2.24, 2.45) is 10.2 Å². The average Bonchev–Trinajstić information content (AvgIpc) is 2.97. The van der Waals surface area contributed by atoms with Crippen LogP contribution in [0.25, 0.3) is 11.1 Å². The number of non-ortho nitro benzene ring substituents is 1. The van der Waals surface area contributed by atoms with E-state index in [1.807, 2.05) is 36.4 Å². The van der Waals surface area contributed by atoms with E-state index in [0.29, 0.717) is 0 Å². The van der Waals surface area contributed by atoms with Gasteiger partial charge in [-0.3, -0.25) is 10.1 Å². The van der Waals surface area contributed by atoms with Gasteiger partial charge in [-0.1, -0.05) is 48.5 Å². The van der Waals surface area contributed by atoms with Crippen molar-refractivity contribution in [1.29, 1.82) is 0 Å². The number of rotatable bonds is 3. The molecule has 0 spiro atoms. The molecule has 0 atom stereocenters. The van der Waals surface area contributed by atoms with Crippen molar-refractivity contribution in [3.05, 3.63) is 99.6 Å². The highest BCUT2D eigenvalue weighted by atomic mass is 16.6. The Kier molecular flexibility index (Phi) is 3.67. The van der Waals surface area contributed by atoms with Gasteiger partial charge in [0.05, 0.1) is 11.1 Å². The van der Waals surface area contributed by atoms with Crippen LogP contribution < -0.4 is 0 Å². The van der Waals surface area contributed by atoms with Crippen LogP contribution in [0, 0.1) is 10.1 Å². The molecular weight excluding hydrogens is 314 g/mol. The Balaban J connectivity index is 1.68. The molecule has 0 saturated heterocycles. The van der Waals surface area contributed by atoms with Crippen molar-refractivity contribution < 1.29 is 4.92 Å². The maximum absolute atomic E-state index is 10.7. The zero-order valence-corrected chi connectivity index (χ0v) is 13.2. The molecule has 0 unspecified atom stereocenters. The standard InChI is InChI=1S/C20H13N3O2/c24-23(25)15-11-9-14(10-12-15)13-21-22-20-18-7-3-1-5-16(18)17-6-2-4-8-19(17)20/h1-13H/b21-13-. The molecular formula is C20H13N3O2. The Morgan fingerprint density at radius 3 is 1.80 bits per heavy atom. The van der Waals surface area contributed by atoms with Gasteiger partial charge in [-0.25, -0.2) is 0 Å². The van der Waals surface area contributed by atoms with Crippen LogP contribution in [-0.2, 0) is 0 Å². The van der Waals surface area contributed by atoms with Gasteiger partial charge < -0.3 is 0 Å². The van der Waals surface area contributed by atoms with Crippen LogP contribution in [0.15, 0.2) is 83.0 Å². The van der Waals surface area contributed by atoms with E-state index in [1.54, 1.807) is 18.3 Å². The molecule has 1 aliphatic carbocycles. The van der Waals surface area contributed by atoms with E-state index in [2.05, 4.69) is 22.3 Å². The molecule has 25 heavy (non-hydrogen) atoms. The van der Waals surface area contributed by atoms with Gasteiger partial charge in [0.25, 0.3) is 5.69 Å². The second kappa shape index (κ2) is 6.13. The Morgan fingerprint density at radius 1 is 0.760 bits per heavy atom. The Morgan fingerprint density at radius 2 is 1.28 bits per heavy atom. The monoisotopic (exact) mass is 327 g/mol. The number of nitrogens with zero attached hydrogens (tertiary/aromatic N) is 3. The third-order valence-electron chi connectivity index (χ3n) is 4.12. The van der Waals surface area contributed by atoms with Crippen molar-refractivity contribution in [3.63, 3.8) is 0 Å². The van der Waals surface area contributed by atoms with Crippen LogP contribution in [0.2, 0.25) is 0 Å². The summed E-state index contributed by atoms with van der Waals surface area (Å²) >= 11 is 0. The van der Waals surface area contributed by atoms with Crippen LogP contribution in [0.5, 0.6) is 0 Å². The first-order valence-corrected chi connectivity index (χ1v) is 7.79. The molecule has 1 aliphatic rings. The summed E-state index contributed by atoms with van der Waals surface area (Å²) in [6, 6.07) is 22.4. The Hall–Kier alpha value is -3.60. The van der Waals surface area contributed by atoms with Crippen LogP contribution >= 0.6 is 0 Å². The van der Waals surface area contributed by atoms with E-state index in [-0.39, 0.29) is 5.69 Å². The topological polar surface area (TPSA) is 67.9 Å². The molecule has 0 amide bonds. The largest absolute Gasteiger partial charge is 0.269 e. The van der Waals surface area contributed by atoms with Crippen LogP contribution in [0.4, 0.5) is 5.69 Å². The highest BCUT2D eigenvalue weighted by Gasteiger charge is 2.23. The lowest BCUT2D eigenvalue weighted by Crippen LogP contribution is -1.97. The van der Waals surface area contributed by atoms with Crippen molar-refractivity contribution >= 4 is 17.6 Å². The zero-order chi connectivity index (χ0) is 17.2. The summed E-state index contributed by atoms with van der Waals surface area (Å²) in [7, 11) is 0. The van der Waals surface area contributed by atoms with Crippen molar-refractivity contribution in [3.8, 4) is 11.1 Å². The summed E-state index contributed by atoms with van der Waals surface area (Å²) in [4.78, 5) is 10.3. The summed E-state index contributed by atoms with van der Waals surface area (Å²) in [6.07, 6.45) is 1.60. The molecule has 0 aromatic heterocycles. The summed E-state index contributed by atoms with van der Waals surface area (Å²) < 4.78 is 0. The van der Waals surface area contributed by atoms with Crippen LogP contribution in [0.3, 0.4) is 0 Å². The van der Waals surface area contributed by atoms with Crippen molar-refractivity contribution in [1.82, 2.24) is 0 Å². The molecule has 0 N–H and O–H groups in total. The third kappa shape index (κ3) is 2.72. The fourth-order valence-corrected chi connectivity index (χ4v) is 2.94. The second-order valence-electron chi connectivity index (χ2n) is 5.63. The van der Waals surface area contributed by atoms with Crippen LogP contribution in [0.1, 0.15) is 16.7 Å². The fourth-order valence-electron chi connectivity index (χ4n) is 2.94. The van der Waals surface area contributed by atoms with Crippen LogP contribution in [-0.4, -0.2) is 16.8 Å². The quantitative estimate of drug-likeness (QED) is 0.317.